The van der Waals surface area contributed by atoms with Gasteiger partial charge in [-0.1, -0.05) is 44.0 Å². The van der Waals surface area contributed by atoms with Gasteiger partial charge in [-0.25, -0.2) is 0 Å². The molecule has 1 aromatic carbocycles. The third-order valence-corrected chi connectivity index (χ3v) is 4.06. The summed E-state index contributed by atoms with van der Waals surface area (Å²) in [6.07, 6.45) is 7.39. The summed E-state index contributed by atoms with van der Waals surface area (Å²) >= 11 is 0. The molecule has 0 saturated heterocycles. The third-order valence-electron chi connectivity index (χ3n) is 4.06. The standard InChI is InChI=1S/C17H27N3/c1-3-14-8-10-15(11-9-14)12-13-19-17(18-2)20-16-6-4-5-7-16/h8-11,16H,3-7,12-13H2,1-2H3,(H2,18,19,20). The Morgan fingerprint density at radius 2 is 1.80 bits per heavy atom. The number of hydrogen-bond donors (Lipinski definition) is 2. The van der Waals surface area contributed by atoms with Crippen LogP contribution in [0.5, 0.6) is 0 Å². The predicted octanol–water partition coefficient (Wildman–Crippen LogP) is 2.90. The van der Waals surface area contributed by atoms with Crippen molar-refractivity contribution in [2.45, 2.75) is 51.5 Å². The summed E-state index contributed by atoms with van der Waals surface area (Å²) in [5.74, 6) is 0.946. The Kier molecular flexibility index (Phi) is 5.90. The molecule has 110 valence electrons. The average Bonchev–Trinajstić information content (AvgIpc) is 3.00. The highest BCUT2D eigenvalue weighted by atomic mass is 15.2. The number of aryl methyl sites for hydroxylation is 1. The van der Waals surface area contributed by atoms with Crippen LogP contribution in [-0.4, -0.2) is 25.6 Å². The third kappa shape index (κ3) is 4.55. The smallest absolute Gasteiger partial charge is 0.191 e. The summed E-state index contributed by atoms with van der Waals surface area (Å²) < 4.78 is 0. The van der Waals surface area contributed by atoms with Crippen LogP contribution in [0.1, 0.15) is 43.7 Å². The Balaban J connectivity index is 1.72. The largest absolute Gasteiger partial charge is 0.356 e. The zero-order valence-electron chi connectivity index (χ0n) is 12.8. The van der Waals surface area contributed by atoms with E-state index in [1.807, 2.05) is 7.05 Å². The topological polar surface area (TPSA) is 36.4 Å². The van der Waals surface area contributed by atoms with Crippen LogP contribution in [0.4, 0.5) is 0 Å². The van der Waals surface area contributed by atoms with E-state index in [0.29, 0.717) is 6.04 Å². The molecule has 1 saturated carbocycles. The summed E-state index contributed by atoms with van der Waals surface area (Å²) in [4.78, 5) is 4.30. The molecule has 0 spiro atoms. The van der Waals surface area contributed by atoms with Crippen molar-refractivity contribution in [3.8, 4) is 0 Å². The maximum absolute atomic E-state index is 4.30. The minimum Gasteiger partial charge on any atom is -0.356 e. The molecule has 1 aromatic rings. The molecule has 0 aliphatic heterocycles. The van der Waals surface area contributed by atoms with E-state index in [1.165, 1.54) is 36.8 Å². The first-order chi connectivity index (χ1) is 9.81. The molecular weight excluding hydrogens is 246 g/mol. The van der Waals surface area contributed by atoms with E-state index < -0.39 is 0 Å². The molecule has 20 heavy (non-hydrogen) atoms. The molecule has 2 rings (SSSR count). The highest BCUT2D eigenvalue weighted by Gasteiger charge is 2.15. The van der Waals surface area contributed by atoms with Crippen molar-refractivity contribution in [1.82, 2.24) is 10.6 Å². The van der Waals surface area contributed by atoms with Gasteiger partial charge < -0.3 is 10.6 Å². The number of hydrogen-bond acceptors (Lipinski definition) is 1. The van der Waals surface area contributed by atoms with Gasteiger partial charge in [0.15, 0.2) is 5.96 Å². The molecular formula is C17H27N3. The van der Waals surface area contributed by atoms with Crippen molar-refractivity contribution in [1.29, 1.82) is 0 Å². The van der Waals surface area contributed by atoms with E-state index in [2.05, 4.69) is 46.8 Å². The zero-order valence-corrected chi connectivity index (χ0v) is 12.8. The van der Waals surface area contributed by atoms with Crippen molar-refractivity contribution in [2.75, 3.05) is 13.6 Å². The molecule has 0 bridgehead atoms. The Morgan fingerprint density at radius 1 is 1.15 bits per heavy atom. The van der Waals surface area contributed by atoms with Gasteiger partial charge in [0.1, 0.15) is 0 Å². The van der Waals surface area contributed by atoms with Gasteiger partial charge in [-0.15, -0.1) is 0 Å². The Labute approximate surface area is 122 Å². The van der Waals surface area contributed by atoms with Gasteiger partial charge in [0.2, 0.25) is 0 Å². The van der Waals surface area contributed by atoms with E-state index in [1.54, 1.807) is 0 Å². The first kappa shape index (κ1) is 14.9. The number of rotatable bonds is 5. The van der Waals surface area contributed by atoms with E-state index >= 15 is 0 Å². The fourth-order valence-corrected chi connectivity index (χ4v) is 2.73. The predicted molar refractivity (Wildman–Crippen MR) is 86.3 cm³/mol. The van der Waals surface area contributed by atoms with E-state index in [9.17, 15) is 0 Å². The average molecular weight is 273 g/mol. The van der Waals surface area contributed by atoms with Crippen molar-refractivity contribution >= 4 is 5.96 Å². The van der Waals surface area contributed by atoms with Crippen LogP contribution in [0, 0.1) is 0 Å². The van der Waals surface area contributed by atoms with Crippen molar-refractivity contribution < 1.29 is 0 Å². The fourth-order valence-electron chi connectivity index (χ4n) is 2.73. The summed E-state index contributed by atoms with van der Waals surface area (Å²) in [5, 5.41) is 6.92. The van der Waals surface area contributed by atoms with E-state index in [4.69, 9.17) is 0 Å². The van der Waals surface area contributed by atoms with Crippen molar-refractivity contribution in [3.05, 3.63) is 35.4 Å². The Hall–Kier alpha value is -1.51. The number of guanidine groups is 1. The van der Waals surface area contributed by atoms with Gasteiger partial charge in [0.05, 0.1) is 0 Å². The number of aliphatic imine (C=N–C) groups is 1. The highest BCUT2D eigenvalue weighted by Crippen LogP contribution is 2.17. The maximum Gasteiger partial charge on any atom is 0.191 e. The van der Waals surface area contributed by atoms with Crippen LogP contribution in [0.25, 0.3) is 0 Å². The summed E-state index contributed by atoms with van der Waals surface area (Å²) in [5.41, 5.74) is 2.78. The maximum atomic E-state index is 4.30. The molecule has 1 aliphatic carbocycles. The second kappa shape index (κ2) is 7.93. The van der Waals surface area contributed by atoms with Gasteiger partial charge in [0.25, 0.3) is 0 Å². The van der Waals surface area contributed by atoms with Crippen molar-refractivity contribution in [2.24, 2.45) is 4.99 Å². The van der Waals surface area contributed by atoms with E-state index in [0.717, 1.165) is 25.3 Å². The zero-order chi connectivity index (χ0) is 14.2. The van der Waals surface area contributed by atoms with Gasteiger partial charge in [0, 0.05) is 19.6 Å². The van der Waals surface area contributed by atoms with Crippen LogP contribution in [0.3, 0.4) is 0 Å². The molecule has 3 nitrogen and oxygen atoms in total. The molecule has 0 atom stereocenters. The monoisotopic (exact) mass is 273 g/mol. The summed E-state index contributed by atoms with van der Waals surface area (Å²) in [7, 11) is 1.85. The quantitative estimate of drug-likeness (QED) is 0.639. The SMILES string of the molecule is CCc1ccc(CCNC(=NC)NC2CCCC2)cc1. The number of benzene rings is 1. The molecule has 0 amide bonds. The first-order valence-electron chi connectivity index (χ1n) is 7.87. The van der Waals surface area contributed by atoms with E-state index in [-0.39, 0.29) is 0 Å². The lowest BCUT2D eigenvalue weighted by Crippen LogP contribution is -2.42. The molecule has 2 N–H and O–H groups in total. The molecule has 3 heteroatoms. The lowest BCUT2D eigenvalue weighted by molar-refractivity contribution is 0.613. The minimum atomic E-state index is 0.616. The number of nitrogens with zero attached hydrogens (tertiary/aromatic N) is 1. The minimum absolute atomic E-state index is 0.616. The van der Waals surface area contributed by atoms with Crippen LogP contribution < -0.4 is 10.6 Å². The molecule has 0 radical (unpaired) electrons. The van der Waals surface area contributed by atoms with Gasteiger partial charge in [-0.3, -0.25) is 4.99 Å². The first-order valence-corrected chi connectivity index (χ1v) is 7.87. The van der Waals surface area contributed by atoms with Gasteiger partial charge in [-0.2, -0.15) is 0 Å². The Bertz CT molecular complexity index is 416. The summed E-state index contributed by atoms with van der Waals surface area (Å²) in [6.45, 7) is 3.12. The number of nitrogens with one attached hydrogen (secondary N) is 2. The molecule has 0 heterocycles. The lowest BCUT2D eigenvalue weighted by Gasteiger charge is -2.16. The molecule has 1 fully saturated rings. The van der Waals surface area contributed by atoms with Crippen LogP contribution in [0.2, 0.25) is 0 Å². The van der Waals surface area contributed by atoms with Gasteiger partial charge in [-0.05, 0) is 36.8 Å². The Morgan fingerprint density at radius 3 is 2.40 bits per heavy atom. The fraction of sp³-hybridized carbons (Fsp3) is 0.588. The second-order valence-electron chi connectivity index (χ2n) is 5.54. The highest BCUT2D eigenvalue weighted by molar-refractivity contribution is 5.79. The van der Waals surface area contributed by atoms with Crippen LogP contribution >= 0.6 is 0 Å². The normalized spacial score (nSPS) is 16.4. The van der Waals surface area contributed by atoms with Crippen LogP contribution in [-0.2, 0) is 12.8 Å². The van der Waals surface area contributed by atoms with Gasteiger partial charge >= 0.3 is 0 Å². The lowest BCUT2D eigenvalue weighted by atomic mass is 10.1. The summed E-state index contributed by atoms with van der Waals surface area (Å²) in [6, 6.07) is 9.52. The van der Waals surface area contributed by atoms with Crippen LogP contribution in [0.15, 0.2) is 29.3 Å². The second-order valence-corrected chi connectivity index (χ2v) is 5.54. The molecule has 0 unspecified atom stereocenters. The molecule has 0 aromatic heterocycles. The van der Waals surface area contributed by atoms with Crippen molar-refractivity contribution in [3.63, 3.8) is 0 Å². The molecule has 1 aliphatic rings.